The van der Waals surface area contributed by atoms with Gasteiger partial charge in [0.2, 0.25) is 5.91 Å². The molecule has 0 radical (unpaired) electrons. The zero-order valence-electron chi connectivity index (χ0n) is 53.2. The highest BCUT2D eigenvalue weighted by atomic mass is 16.3. The van der Waals surface area contributed by atoms with Crippen molar-refractivity contribution in [2.75, 3.05) is 6.61 Å². The van der Waals surface area contributed by atoms with E-state index in [1.54, 1.807) is 6.08 Å². The SMILES string of the molecule is CCCCCCCCCC/C=C\CCCCCCCCCCCCCCCCCCCCCCCCCCCCCC(=O)NC(CO)C(O)/C=C/CC/C=C/CC/C=C/CCCCCCCCCCCCCCCCCCC. The highest BCUT2D eigenvalue weighted by Gasteiger charge is 2.18. The van der Waals surface area contributed by atoms with E-state index in [0.29, 0.717) is 6.42 Å². The fraction of sp³-hybridized carbons (Fsp3) is 0.878. The number of allylic oxidation sites excluding steroid dienone is 7. The molecule has 2 unspecified atom stereocenters. The molecule has 4 heteroatoms. The fourth-order valence-electron chi connectivity index (χ4n) is 11.3. The number of unbranched alkanes of at least 4 members (excludes halogenated alkanes) is 54. The highest BCUT2D eigenvalue weighted by Crippen LogP contribution is 2.19. The Morgan fingerprint density at radius 3 is 0.744 bits per heavy atom. The van der Waals surface area contributed by atoms with Crippen molar-refractivity contribution in [3.05, 3.63) is 48.6 Å². The van der Waals surface area contributed by atoms with Gasteiger partial charge in [0.25, 0.3) is 0 Å². The van der Waals surface area contributed by atoms with Crippen LogP contribution in [0.4, 0.5) is 0 Å². The van der Waals surface area contributed by atoms with Gasteiger partial charge in [-0.15, -0.1) is 0 Å². The average molecular weight is 1090 g/mol. The Bertz CT molecular complexity index is 1240. The van der Waals surface area contributed by atoms with Gasteiger partial charge in [0.15, 0.2) is 0 Å². The number of amides is 1. The van der Waals surface area contributed by atoms with Crippen molar-refractivity contribution in [1.29, 1.82) is 0 Å². The van der Waals surface area contributed by atoms with Gasteiger partial charge in [0.1, 0.15) is 0 Å². The summed E-state index contributed by atoms with van der Waals surface area (Å²) in [6, 6.07) is -0.646. The van der Waals surface area contributed by atoms with Gasteiger partial charge in [-0.05, 0) is 70.6 Å². The largest absolute Gasteiger partial charge is 0.394 e. The number of aliphatic hydroxyl groups excluding tert-OH is 2. The standard InChI is InChI=1S/C74H141NO3/c1-3-5-7-9-11-13-15-17-19-21-23-25-27-29-31-32-33-34-35-36-37-38-39-40-41-42-44-46-48-50-52-54-56-58-60-62-64-66-68-70-74(78)75-72(71-76)73(77)69-67-65-63-61-59-57-55-53-51-49-47-45-43-30-28-26-24-22-20-18-16-14-12-10-8-6-4-2/h21,23,51,53,59,61,67,69,72-73,76-77H,3-20,22,24-50,52,54-58,60,62-66,68,70-71H2,1-2H3,(H,75,78)/b23-21-,53-51+,61-59+,69-67+. The van der Waals surface area contributed by atoms with Gasteiger partial charge in [-0.3, -0.25) is 4.79 Å². The van der Waals surface area contributed by atoms with Crippen molar-refractivity contribution >= 4 is 5.91 Å². The average Bonchev–Trinajstić information content (AvgIpc) is 3.44. The summed E-state index contributed by atoms with van der Waals surface area (Å²) < 4.78 is 0. The van der Waals surface area contributed by atoms with Crippen LogP contribution in [0.25, 0.3) is 0 Å². The monoisotopic (exact) mass is 1090 g/mol. The minimum atomic E-state index is -0.871. The Morgan fingerprint density at radius 1 is 0.295 bits per heavy atom. The van der Waals surface area contributed by atoms with Gasteiger partial charge >= 0.3 is 0 Å². The second-order valence-corrected chi connectivity index (χ2v) is 24.6. The highest BCUT2D eigenvalue weighted by molar-refractivity contribution is 5.76. The molecular weight excluding hydrogens is 951 g/mol. The van der Waals surface area contributed by atoms with E-state index in [-0.39, 0.29) is 12.5 Å². The maximum atomic E-state index is 12.5. The van der Waals surface area contributed by atoms with Crippen LogP contribution in [0.15, 0.2) is 48.6 Å². The van der Waals surface area contributed by atoms with Gasteiger partial charge in [-0.2, -0.15) is 0 Å². The smallest absolute Gasteiger partial charge is 0.220 e. The third kappa shape index (κ3) is 65.2. The summed E-state index contributed by atoms with van der Waals surface area (Å²) in [4.78, 5) is 12.5. The summed E-state index contributed by atoms with van der Waals surface area (Å²) in [5.74, 6) is -0.0702. The molecule has 78 heavy (non-hydrogen) atoms. The quantitative estimate of drug-likeness (QED) is 0.0420. The van der Waals surface area contributed by atoms with E-state index in [1.807, 2.05) is 6.08 Å². The van der Waals surface area contributed by atoms with Gasteiger partial charge in [-0.1, -0.05) is 371 Å². The van der Waals surface area contributed by atoms with E-state index >= 15 is 0 Å². The number of carbonyl (C=O) groups is 1. The van der Waals surface area contributed by atoms with E-state index < -0.39 is 12.1 Å². The Hall–Kier alpha value is -1.65. The minimum Gasteiger partial charge on any atom is -0.394 e. The summed E-state index contributed by atoms with van der Waals surface area (Å²) in [6.07, 6.45) is 97.9. The van der Waals surface area contributed by atoms with Crippen LogP contribution in [0.5, 0.6) is 0 Å². The molecule has 0 fully saturated rings. The molecule has 2 atom stereocenters. The van der Waals surface area contributed by atoms with Crippen molar-refractivity contribution in [2.45, 2.75) is 411 Å². The van der Waals surface area contributed by atoms with Crippen LogP contribution in [0.3, 0.4) is 0 Å². The second kappa shape index (κ2) is 69.6. The Balaban J connectivity index is 3.44. The van der Waals surface area contributed by atoms with E-state index in [2.05, 4.69) is 55.6 Å². The van der Waals surface area contributed by atoms with Crippen LogP contribution in [-0.2, 0) is 4.79 Å². The summed E-state index contributed by atoms with van der Waals surface area (Å²) in [7, 11) is 0. The number of hydrogen-bond donors (Lipinski definition) is 3. The molecule has 0 heterocycles. The molecule has 0 aliphatic heterocycles. The fourth-order valence-corrected chi connectivity index (χ4v) is 11.3. The molecule has 460 valence electrons. The molecule has 0 aromatic rings. The van der Waals surface area contributed by atoms with Crippen molar-refractivity contribution in [2.24, 2.45) is 0 Å². The lowest BCUT2D eigenvalue weighted by molar-refractivity contribution is -0.123. The van der Waals surface area contributed by atoms with Crippen molar-refractivity contribution in [3.63, 3.8) is 0 Å². The third-order valence-electron chi connectivity index (χ3n) is 16.8. The molecular formula is C74H141NO3. The lowest BCUT2D eigenvalue weighted by Gasteiger charge is -2.19. The Morgan fingerprint density at radius 2 is 0.500 bits per heavy atom. The van der Waals surface area contributed by atoms with Gasteiger partial charge in [-0.25, -0.2) is 0 Å². The molecule has 0 aliphatic carbocycles. The molecule has 0 bridgehead atoms. The summed E-state index contributed by atoms with van der Waals surface area (Å²) >= 11 is 0. The summed E-state index contributed by atoms with van der Waals surface area (Å²) in [6.45, 7) is 4.34. The van der Waals surface area contributed by atoms with Gasteiger partial charge < -0.3 is 15.5 Å². The molecule has 3 N–H and O–H groups in total. The normalized spacial score (nSPS) is 12.9. The molecule has 0 aromatic heterocycles. The first-order valence-electron chi connectivity index (χ1n) is 35.9. The molecule has 0 rings (SSSR count). The predicted molar refractivity (Wildman–Crippen MR) is 350 cm³/mol. The van der Waals surface area contributed by atoms with Gasteiger partial charge in [0, 0.05) is 6.42 Å². The van der Waals surface area contributed by atoms with E-state index in [1.165, 1.54) is 340 Å². The van der Waals surface area contributed by atoms with Crippen LogP contribution in [-0.4, -0.2) is 34.9 Å². The Kier molecular flexibility index (Phi) is 68.1. The molecule has 0 saturated heterocycles. The summed E-state index contributed by atoms with van der Waals surface area (Å²) in [5.41, 5.74) is 0. The maximum Gasteiger partial charge on any atom is 0.220 e. The third-order valence-corrected chi connectivity index (χ3v) is 16.8. The lowest BCUT2D eigenvalue weighted by atomic mass is 10.0. The lowest BCUT2D eigenvalue weighted by Crippen LogP contribution is -2.45. The zero-order valence-corrected chi connectivity index (χ0v) is 53.2. The molecule has 0 aliphatic rings. The number of hydrogen-bond acceptors (Lipinski definition) is 3. The van der Waals surface area contributed by atoms with E-state index in [4.69, 9.17) is 0 Å². The molecule has 0 saturated carbocycles. The number of aliphatic hydroxyl groups is 2. The number of nitrogens with one attached hydrogen (secondary N) is 1. The Labute approximate surface area is 490 Å². The predicted octanol–water partition coefficient (Wildman–Crippen LogP) is 24.5. The zero-order chi connectivity index (χ0) is 56.2. The van der Waals surface area contributed by atoms with E-state index in [9.17, 15) is 15.0 Å². The molecule has 4 nitrogen and oxygen atoms in total. The van der Waals surface area contributed by atoms with Crippen LogP contribution < -0.4 is 5.32 Å². The first-order chi connectivity index (χ1) is 38.7. The van der Waals surface area contributed by atoms with Crippen molar-refractivity contribution < 1.29 is 15.0 Å². The minimum absolute atomic E-state index is 0.0702. The van der Waals surface area contributed by atoms with E-state index in [0.717, 1.165) is 38.5 Å². The molecule has 0 spiro atoms. The first kappa shape index (κ1) is 76.3. The van der Waals surface area contributed by atoms with Crippen molar-refractivity contribution in [3.8, 4) is 0 Å². The van der Waals surface area contributed by atoms with Crippen LogP contribution in [0.2, 0.25) is 0 Å². The maximum absolute atomic E-state index is 12.5. The molecule has 0 aromatic carbocycles. The summed E-state index contributed by atoms with van der Waals surface area (Å²) in [5, 5.41) is 23.3. The first-order valence-corrected chi connectivity index (χ1v) is 35.9. The van der Waals surface area contributed by atoms with Crippen LogP contribution in [0.1, 0.15) is 399 Å². The van der Waals surface area contributed by atoms with Crippen LogP contribution >= 0.6 is 0 Å². The van der Waals surface area contributed by atoms with Crippen molar-refractivity contribution in [1.82, 2.24) is 5.32 Å². The number of carbonyl (C=O) groups excluding carboxylic acids is 1. The van der Waals surface area contributed by atoms with Crippen LogP contribution in [0, 0.1) is 0 Å². The van der Waals surface area contributed by atoms with Gasteiger partial charge in [0.05, 0.1) is 18.8 Å². The second-order valence-electron chi connectivity index (χ2n) is 24.6. The number of rotatable bonds is 67. The molecule has 1 amide bonds. The topological polar surface area (TPSA) is 69.6 Å².